The molecule has 0 spiro atoms. The SMILES string of the molecule is Cc1cccc(CN)c1N1CC(C)OC(C)C1. The summed E-state index contributed by atoms with van der Waals surface area (Å²) in [5.41, 5.74) is 9.67. The molecule has 2 N–H and O–H groups in total. The summed E-state index contributed by atoms with van der Waals surface area (Å²) < 4.78 is 5.78. The van der Waals surface area contributed by atoms with Crippen molar-refractivity contribution in [2.45, 2.75) is 39.5 Å². The standard InChI is InChI=1S/C14H22N2O/c1-10-5-4-6-13(7-15)14(10)16-8-11(2)17-12(3)9-16/h4-6,11-12H,7-9,15H2,1-3H3. The van der Waals surface area contributed by atoms with E-state index in [9.17, 15) is 0 Å². The lowest BCUT2D eigenvalue weighted by Gasteiger charge is -2.38. The van der Waals surface area contributed by atoms with E-state index in [2.05, 4.69) is 43.9 Å². The lowest BCUT2D eigenvalue weighted by Crippen LogP contribution is -2.46. The first-order valence-electron chi connectivity index (χ1n) is 6.30. The normalized spacial score (nSPS) is 25.1. The molecule has 94 valence electrons. The van der Waals surface area contributed by atoms with Gasteiger partial charge in [-0.15, -0.1) is 0 Å². The van der Waals surface area contributed by atoms with Gasteiger partial charge in [0.1, 0.15) is 0 Å². The monoisotopic (exact) mass is 234 g/mol. The Morgan fingerprint density at radius 2 is 1.94 bits per heavy atom. The highest BCUT2D eigenvalue weighted by Gasteiger charge is 2.24. The van der Waals surface area contributed by atoms with E-state index >= 15 is 0 Å². The van der Waals surface area contributed by atoms with Gasteiger partial charge in [-0.1, -0.05) is 18.2 Å². The molecule has 2 atom stereocenters. The van der Waals surface area contributed by atoms with Gasteiger partial charge in [0, 0.05) is 25.3 Å². The number of hydrogen-bond acceptors (Lipinski definition) is 3. The minimum atomic E-state index is 0.281. The largest absolute Gasteiger partial charge is 0.372 e. The van der Waals surface area contributed by atoms with Crippen LogP contribution in [0.5, 0.6) is 0 Å². The molecule has 0 aromatic heterocycles. The molecule has 0 amide bonds. The summed E-state index contributed by atoms with van der Waals surface area (Å²) in [5.74, 6) is 0. The number of para-hydroxylation sites is 1. The number of ether oxygens (including phenoxy) is 1. The van der Waals surface area contributed by atoms with Gasteiger partial charge in [0.25, 0.3) is 0 Å². The van der Waals surface area contributed by atoms with Crippen molar-refractivity contribution in [2.24, 2.45) is 5.73 Å². The molecule has 0 aliphatic carbocycles. The summed E-state index contributed by atoms with van der Waals surface area (Å²) >= 11 is 0. The van der Waals surface area contributed by atoms with Crippen molar-refractivity contribution in [2.75, 3.05) is 18.0 Å². The molecule has 1 aromatic rings. The van der Waals surface area contributed by atoms with Gasteiger partial charge in [-0.2, -0.15) is 0 Å². The third-order valence-corrected chi connectivity index (χ3v) is 3.28. The predicted octanol–water partition coefficient (Wildman–Crippen LogP) is 2.07. The molecule has 2 rings (SSSR count). The van der Waals surface area contributed by atoms with Crippen molar-refractivity contribution < 1.29 is 4.74 Å². The minimum Gasteiger partial charge on any atom is -0.372 e. The molecule has 1 aliphatic heterocycles. The average molecular weight is 234 g/mol. The molecule has 1 fully saturated rings. The van der Waals surface area contributed by atoms with Gasteiger partial charge in [-0.05, 0) is 31.9 Å². The van der Waals surface area contributed by atoms with Crippen molar-refractivity contribution in [3.63, 3.8) is 0 Å². The van der Waals surface area contributed by atoms with E-state index in [0.717, 1.165) is 13.1 Å². The van der Waals surface area contributed by atoms with E-state index in [4.69, 9.17) is 10.5 Å². The molecule has 0 saturated carbocycles. The Bertz CT molecular complexity index is 382. The van der Waals surface area contributed by atoms with Crippen LogP contribution in [0, 0.1) is 6.92 Å². The topological polar surface area (TPSA) is 38.5 Å². The second kappa shape index (κ2) is 5.07. The number of nitrogens with zero attached hydrogens (tertiary/aromatic N) is 1. The number of hydrogen-bond donors (Lipinski definition) is 1. The Balaban J connectivity index is 2.32. The maximum atomic E-state index is 5.84. The fourth-order valence-corrected chi connectivity index (χ4v) is 2.70. The third kappa shape index (κ3) is 2.61. The smallest absolute Gasteiger partial charge is 0.0726 e. The van der Waals surface area contributed by atoms with Gasteiger partial charge in [0.15, 0.2) is 0 Å². The number of benzene rings is 1. The fraction of sp³-hybridized carbons (Fsp3) is 0.571. The molecule has 1 heterocycles. The Hall–Kier alpha value is -1.06. The van der Waals surface area contributed by atoms with Crippen LogP contribution in [-0.2, 0) is 11.3 Å². The second-order valence-electron chi connectivity index (χ2n) is 4.95. The first kappa shape index (κ1) is 12.4. The summed E-state index contributed by atoms with van der Waals surface area (Å²) in [5, 5.41) is 0. The molecule has 3 heteroatoms. The number of anilines is 1. The van der Waals surface area contributed by atoms with E-state index in [1.807, 2.05) is 0 Å². The van der Waals surface area contributed by atoms with Crippen molar-refractivity contribution in [1.82, 2.24) is 0 Å². The number of morpholine rings is 1. The van der Waals surface area contributed by atoms with Crippen molar-refractivity contribution in [3.8, 4) is 0 Å². The zero-order valence-corrected chi connectivity index (χ0v) is 10.9. The van der Waals surface area contributed by atoms with E-state index in [1.54, 1.807) is 0 Å². The van der Waals surface area contributed by atoms with Crippen LogP contribution in [-0.4, -0.2) is 25.3 Å². The summed E-state index contributed by atoms with van der Waals surface area (Å²) in [7, 11) is 0. The number of aryl methyl sites for hydroxylation is 1. The van der Waals surface area contributed by atoms with Crippen LogP contribution in [0.2, 0.25) is 0 Å². The van der Waals surface area contributed by atoms with Gasteiger partial charge in [0.05, 0.1) is 12.2 Å². The zero-order chi connectivity index (χ0) is 12.4. The van der Waals surface area contributed by atoms with E-state index in [1.165, 1.54) is 16.8 Å². The molecule has 17 heavy (non-hydrogen) atoms. The first-order valence-corrected chi connectivity index (χ1v) is 6.30. The highest BCUT2D eigenvalue weighted by atomic mass is 16.5. The molecule has 1 saturated heterocycles. The fourth-order valence-electron chi connectivity index (χ4n) is 2.70. The molecule has 1 aromatic carbocycles. The Morgan fingerprint density at radius 1 is 1.29 bits per heavy atom. The van der Waals surface area contributed by atoms with E-state index in [-0.39, 0.29) is 12.2 Å². The molecule has 0 radical (unpaired) electrons. The summed E-state index contributed by atoms with van der Waals surface area (Å²) in [6.45, 7) is 8.90. The Morgan fingerprint density at radius 3 is 2.53 bits per heavy atom. The lowest BCUT2D eigenvalue weighted by atomic mass is 10.0. The number of rotatable bonds is 2. The average Bonchev–Trinajstić information content (AvgIpc) is 2.27. The van der Waals surface area contributed by atoms with E-state index < -0.39 is 0 Å². The summed E-state index contributed by atoms with van der Waals surface area (Å²) in [6, 6.07) is 6.35. The van der Waals surface area contributed by atoms with Gasteiger partial charge in [-0.3, -0.25) is 0 Å². The van der Waals surface area contributed by atoms with Crippen LogP contribution >= 0.6 is 0 Å². The molecular weight excluding hydrogens is 212 g/mol. The summed E-state index contributed by atoms with van der Waals surface area (Å²) in [4.78, 5) is 2.41. The molecular formula is C14H22N2O. The Kier molecular flexibility index (Phi) is 3.69. The minimum absolute atomic E-state index is 0.281. The Labute approximate surface area is 104 Å². The van der Waals surface area contributed by atoms with Crippen molar-refractivity contribution in [1.29, 1.82) is 0 Å². The quantitative estimate of drug-likeness (QED) is 0.851. The maximum absolute atomic E-state index is 5.84. The first-order chi connectivity index (χ1) is 8.11. The number of nitrogens with two attached hydrogens (primary N) is 1. The van der Waals surface area contributed by atoms with Gasteiger partial charge in [-0.25, -0.2) is 0 Å². The van der Waals surface area contributed by atoms with Crippen LogP contribution in [0.25, 0.3) is 0 Å². The molecule has 2 unspecified atom stereocenters. The molecule has 0 bridgehead atoms. The lowest BCUT2D eigenvalue weighted by molar-refractivity contribution is -0.00528. The third-order valence-electron chi connectivity index (χ3n) is 3.28. The van der Waals surface area contributed by atoms with Crippen LogP contribution in [0.4, 0.5) is 5.69 Å². The second-order valence-corrected chi connectivity index (χ2v) is 4.95. The summed E-state index contributed by atoms with van der Waals surface area (Å²) in [6.07, 6.45) is 0.563. The highest BCUT2D eigenvalue weighted by Crippen LogP contribution is 2.27. The van der Waals surface area contributed by atoms with Crippen LogP contribution in [0.15, 0.2) is 18.2 Å². The van der Waals surface area contributed by atoms with Crippen LogP contribution in [0.1, 0.15) is 25.0 Å². The zero-order valence-electron chi connectivity index (χ0n) is 10.9. The van der Waals surface area contributed by atoms with E-state index in [0.29, 0.717) is 6.54 Å². The van der Waals surface area contributed by atoms with Crippen molar-refractivity contribution in [3.05, 3.63) is 29.3 Å². The molecule has 3 nitrogen and oxygen atoms in total. The molecule has 1 aliphatic rings. The van der Waals surface area contributed by atoms with Gasteiger partial charge in [0.2, 0.25) is 0 Å². The van der Waals surface area contributed by atoms with Gasteiger partial charge < -0.3 is 15.4 Å². The predicted molar refractivity (Wildman–Crippen MR) is 71.3 cm³/mol. The van der Waals surface area contributed by atoms with Crippen LogP contribution < -0.4 is 10.6 Å². The maximum Gasteiger partial charge on any atom is 0.0726 e. The highest BCUT2D eigenvalue weighted by molar-refractivity contribution is 5.59. The van der Waals surface area contributed by atoms with Crippen LogP contribution in [0.3, 0.4) is 0 Å². The van der Waals surface area contributed by atoms with Gasteiger partial charge >= 0.3 is 0 Å². The van der Waals surface area contributed by atoms with Crippen molar-refractivity contribution >= 4 is 5.69 Å².